The first kappa shape index (κ1) is 12.5. The first-order valence-corrected chi connectivity index (χ1v) is 7.05. The number of hydrogen-bond donors (Lipinski definition) is 1. The molecule has 5 heteroatoms. The quantitative estimate of drug-likeness (QED) is 0.781. The molecule has 108 valence electrons. The molecule has 0 amide bonds. The van der Waals surface area contributed by atoms with E-state index in [1.165, 1.54) is 0 Å². The number of rotatable bonds is 2. The van der Waals surface area contributed by atoms with Crippen LogP contribution in [0.3, 0.4) is 0 Å². The Hall–Kier alpha value is -2.27. The lowest BCUT2D eigenvalue weighted by atomic mass is 10.1. The lowest BCUT2D eigenvalue weighted by molar-refractivity contribution is 0.142. The van der Waals surface area contributed by atoms with Gasteiger partial charge in [-0.15, -0.1) is 0 Å². The number of pyridine rings is 1. The van der Waals surface area contributed by atoms with Crippen molar-refractivity contribution in [3.63, 3.8) is 0 Å². The molecule has 4 rings (SSSR count). The van der Waals surface area contributed by atoms with Crippen molar-refractivity contribution < 1.29 is 9.84 Å². The van der Waals surface area contributed by atoms with Gasteiger partial charge in [0.15, 0.2) is 0 Å². The third kappa shape index (κ3) is 1.85. The molecule has 3 aromatic rings. The maximum absolute atomic E-state index is 9.42. The Labute approximate surface area is 122 Å². The number of nitrogens with zero attached hydrogens (tertiary/aromatic N) is 3. The van der Waals surface area contributed by atoms with Crippen LogP contribution in [0.1, 0.15) is 5.56 Å². The highest BCUT2D eigenvalue weighted by molar-refractivity contribution is 5.83. The number of fused-ring (bicyclic) bond motifs is 3. The predicted octanol–water partition coefficient (Wildman–Crippen LogP) is 1.99. The monoisotopic (exact) mass is 283 g/mol. The maximum atomic E-state index is 9.42. The van der Waals surface area contributed by atoms with Crippen LogP contribution in [0.25, 0.3) is 16.7 Å². The fourth-order valence-electron chi connectivity index (χ4n) is 2.92. The smallest absolute Gasteiger partial charge is 0.139 e. The number of benzene rings is 1. The van der Waals surface area contributed by atoms with Gasteiger partial charge in [0.1, 0.15) is 11.4 Å². The summed E-state index contributed by atoms with van der Waals surface area (Å²) in [5, 5.41) is 9.42. The molecule has 0 saturated carbocycles. The summed E-state index contributed by atoms with van der Waals surface area (Å²) in [6, 6.07) is 8.21. The van der Waals surface area contributed by atoms with Gasteiger partial charge in [0.25, 0.3) is 0 Å². The second kappa shape index (κ2) is 4.36. The standard InChI is InChI=1S/C16H17N3O2/c1-10-5-14-13(7-15(10)21-2)17-16-6-11(3-4-19(14)16)18-8-12(20)9-18/h3-7,12,20H,8-9H2,1-2H3. The zero-order chi connectivity index (χ0) is 14.6. The highest BCUT2D eigenvalue weighted by atomic mass is 16.5. The van der Waals surface area contributed by atoms with E-state index in [1.54, 1.807) is 7.11 Å². The molecular weight excluding hydrogens is 266 g/mol. The van der Waals surface area contributed by atoms with E-state index in [2.05, 4.69) is 32.5 Å². The van der Waals surface area contributed by atoms with Crippen LogP contribution in [0, 0.1) is 6.92 Å². The fourth-order valence-corrected chi connectivity index (χ4v) is 2.92. The molecule has 0 atom stereocenters. The second-order valence-electron chi connectivity index (χ2n) is 5.59. The molecule has 0 radical (unpaired) electrons. The van der Waals surface area contributed by atoms with Gasteiger partial charge in [0.2, 0.25) is 0 Å². The second-order valence-corrected chi connectivity index (χ2v) is 5.59. The molecule has 2 aromatic heterocycles. The average molecular weight is 283 g/mol. The van der Waals surface area contributed by atoms with Crippen LogP contribution >= 0.6 is 0 Å². The van der Waals surface area contributed by atoms with Gasteiger partial charge in [-0.05, 0) is 24.6 Å². The Kier molecular flexibility index (Phi) is 2.59. The zero-order valence-corrected chi connectivity index (χ0v) is 12.1. The van der Waals surface area contributed by atoms with Crippen molar-refractivity contribution in [2.45, 2.75) is 13.0 Å². The largest absolute Gasteiger partial charge is 0.496 e. The van der Waals surface area contributed by atoms with E-state index in [0.717, 1.165) is 33.7 Å². The summed E-state index contributed by atoms with van der Waals surface area (Å²) in [6.45, 7) is 3.43. The Morgan fingerprint density at radius 3 is 2.81 bits per heavy atom. The van der Waals surface area contributed by atoms with Crippen LogP contribution in [0.15, 0.2) is 30.5 Å². The van der Waals surface area contributed by atoms with Crippen molar-refractivity contribution in [1.82, 2.24) is 9.38 Å². The van der Waals surface area contributed by atoms with E-state index >= 15 is 0 Å². The first-order valence-electron chi connectivity index (χ1n) is 7.05. The highest BCUT2D eigenvalue weighted by Gasteiger charge is 2.24. The van der Waals surface area contributed by atoms with Crippen LogP contribution in [-0.2, 0) is 0 Å². The summed E-state index contributed by atoms with van der Waals surface area (Å²) in [4.78, 5) is 6.83. The molecule has 1 aliphatic heterocycles. The molecule has 5 nitrogen and oxygen atoms in total. The Balaban J connectivity index is 1.86. The van der Waals surface area contributed by atoms with E-state index in [9.17, 15) is 5.11 Å². The van der Waals surface area contributed by atoms with Crippen molar-refractivity contribution in [2.75, 3.05) is 25.1 Å². The van der Waals surface area contributed by atoms with E-state index in [0.29, 0.717) is 13.1 Å². The maximum Gasteiger partial charge on any atom is 0.139 e. The van der Waals surface area contributed by atoms with Crippen LogP contribution in [0.2, 0.25) is 0 Å². The molecule has 1 aliphatic rings. The Morgan fingerprint density at radius 1 is 1.29 bits per heavy atom. The van der Waals surface area contributed by atoms with Crippen LogP contribution in [-0.4, -0.2) is 40.8 Å². The van der Waals surface area contributed by atoms with Gasteiger partial charge < -0.3 is 14.7 Å². The van der Waals surface area contributed by atoms with Gasteiger partial charge in [0.05, 0.1) is 24.2 Å². The van der Waals surface area contributed by atoms with E-state index < -0.39 is 0 Å². The fraction of sp³-hybridized carbons (Fsp3) is 0.312. The molecule has 1 saturated heterocycles. The summed E-state index contributed by atoms with van der Waals surface area (Å²) in [7, 11) is 1.68. The van der Waals surface area contributed by atoms with E-state index in [4.69, 9.17) is 4.74 Å². The van der Waals surface area contributed by atoms with Gasteiger partial charge in [-0.2, -0.15) is 0 Å². The molecular formula is C16H17N3O2. The number of imidazole rings is 1. The lowest BCUT2D eigenvalue weighted by Gasteiger charge is -2.37. The minimum Gasteiger partial charge on any atom is -0.496 e. The minimum absolute atomic E-state index is 0.202. The van der Waals surface area contributed by atoms with Crippen molar-refractivity contribution in [3.8, 4) is 5.75 Å². The van der Waals surface area contributed by atoms with Crippen molar-refractivity contribution >= 4 is 22.4 Å². The van der Waals surface area contributed by atoms with E-state index in [-0.39, 0.29) is 6.10 Å². The van der Waals surface area contributed by atoms with Crippen molar-refractivity contribution in [3.05, 3.63) is 36.0 Å². The number of aliphatic hydroxyl groups excluding tert-OH is 1. The van der Waals surface area contributed by atoms with Crippen molar-refractivity contribution in [1.29, 1.82) is 0 Å². The molecule has 0 aliphatic carbocycles. The predicted molar refractivity (Wildman–Crippen MR) is 82.2 cm³/mol. The number of hydrogen-bond acceptors (Lipinski definition) is 4. The third-order valence-corrected chi connectivity index (χ3v) is 4.13. The number of aryl methyl sites for hydroxylation is 1. The third-order valence-electron chi connectivity index (χ3n) is 4.13. The topological polar surface area (TPSA) is 50.0 Å². The molecule has 1 fully saturated rings. The summed E-state index contributed by atoms with van der Waals surface area (Å²) in [5.41, 5.74) is 5.13. The molecule has 0 bridgehead atoms. The van der Waals surface area contributed by atoms with Gasteiger partial charge >= 0.3 is 0 Å². The summed E-state index contributed by atoms with van der Waals surface area (Å²) < 4.78 is 7.45. The van der Waals surface area contributed by atoms with Gasteiger partial charge in [-0.3, -0.25) is 4.40 Å². The summed E-state index contributed by atoms with van der Waals surface area (Å²) in [6.07, 6.45) is 1.84. The number of anilines is 1. The van der Waals surface area contributed by atoms with Crippen LogP contribution < -0.4 is 9.64 Å². The molecule has 0 spiro atoms. The SMILES string of the molecule is COc1cc2nc3cc(N4CC(O)C4)ccn3c2cc1C. The molecule has 1 N–H and O–H groups in total. The number of methoxy groups -OCH3 is 1. The summed E-state index contributed by atoms with van der Waals surface area (Å²) in [5.74, 6) is 0.858. The molecule has 1 aromatic carbocycles. The van der Waals surface area contributed by atoms with Gasteiger partial charge in [-0.25, -0.2) is 4.98 Å². The summed E-state index contributed by atoms with van der Waals surface area (Å²) >= 11 is 0. The molecule has 21 heavy (non-hydrogen) atoms. The average Bonchev–Trinajstić information content (AvgIpc) is 2.79. The Bertz CT molecular complexity index is 834. The highest BCUT2D eigenvalue weighted by Crippen LogP contribution is 2.28. The number of β-amino-alcohol motifs (C(OH)–C–C–N with tert-alkyl or cyclic N) is 1. The first-order chi connectivity index (χ1) is 10.2. The number of ether oxygens (including phenoxy) is 1. The number of aromatic nitrogens is 2. The van der Waals surface area contributed by atoms with E-state index in [1.807, 2.05) is 19.2 Å². The zero-order valence-electron chi connectivity index (χ0n) is 12.1. The number of aliphatic hydroxyl groups is 1. The minimum atomic E-state index is -0.202. The van der Waals surface area contributed by atoms with Crippen LogP contribution in [0.5, 0.6) is 5.75 Å². The van der Waals surface area contributed by atoms with Gasteiger partial charge in [-0.1, -0.05) is 0 Å². The van der Waals surface area contributed by atoms with Crippen molar-refractivity contribution in [2.24, 2.45) is 0 Å². The lowest BCUT2D eigenvalue weighted by Crippen LogP contribution is -2.50. The normalized spacial score (nSPS) is 15.7. The van der Waals surface area contributed by atoms with Gasteiger partial charge in [0, 0.05) is 37.1 Å². The Morgan fingerprint density at radius 2 is 2.10 bits per heavy atom. The molecule has 0 unspecified atom stereocenters. The molecule has 3 heterocycles. The van der Waals surface area contributed by atoms with Crippen LogP contribution in [0.4, 0.5) is 5.69 Å².